The van der Waals surface area contributed by atoms with Crippen molar-refractivity contribution in [3.63, 3.8) is 0 Å². The molecule has 0 saturated heterocycles. The molecule has 0 heterocycles. The Morgan fingerprint density at radius 1 is 1.47 bits per heavy atom. The fourth-order valence-corrected chi connectivity index (χ4v) is 1.30. The van der Waals surface area contributed by atoms with Crippen LogP contribution in [0, 0.1) is 0 Å². The first kappa shape index (κ1) is 11.7. The first-order valence-corrected chi connectivity index (χ1v) is 4.80. The number of carbonyl (C=O) groups excluding carboxylic acids is 1. The lowest BCUT2D eigenvalue weighted by molar-refractivity contribution is -0.132. The normalized spacial score (nSPS) is 12.2. The van der Waals surface area contributed by atoms with Gasteiger partial charge in [0.15, 0.2) is 0 Å². The molecule has 0 fully saturated rings. The van der Waals surface area contributed by atoms with Crippen molar-refractivity contribution in [2.45, 2.75) is 12.6 Å². The molecule has 0 radical (unpaired) electrons. The van der Waals surface area contributed by atoms with E-state index < -0.39 is 6.04 Å². The molecule has 0 spiro atoms. The van der Waals surface area contributed by atoms with Gasteiger partial charge < -0.3 is 15.7 Å². The van der Waals surface area contributed by atoms with Gasteiger partial charge in [0, 0.05) is 13.6 Å². The van der Waals surface area contributed by atoms with Crippen molar-refractivity contribution in [1.82, 2.24) is 4.90 Å². The van der Waals surface area contributed by atoms with Gasteiger partial charge in [-0.05, 0) is 5.56 Å². The van der Waals surface area contributed by atoms with Crippen LogP contribution in [-0.4, -0.2) is 35.6 Å². The highest BCUT2D eigenvalue weighted by Gasteiger charge is 2.16. The number of aliphatic hydroxyl groups excluding tert-OH is 1. The van der Waals surface area contributed by atoms with Gasteiger partial charge in [-0.15, -0.1) is 0 Å². The number of amides is 1. The predicted octanol–water partition coefficient (Wildman–Crippen LogP) is -0.0354. The first-order valence-electron chi connectivity index (χ1n) is 4.80. The maximum Gasteiger partial charge on any atom is 0.241 e. The second-order valence-corrected chi connectivity index (χ2v) is 3.47. The maximum atomic E-state index is 11.5. The van der Waals surface area contributed by atoms with Gasteiger partial charge in [0.25, 0.3) is 0 Å². The van der Waals surface area contributed by atoms with E-state index in [9.17, 15) is 4.79 Å². The largest absolute Gasteiger partial charge is 0.394 e. The van der Waals surface area contributed by atoms with E-state index >= 15 is 0 Å². The summed E-state index contributed by atoms with van der Waals surface area (Å²) in [5, 5.41) is 8.75. The van der Waals surface area contributed by atoms with Crippen LogP contribution in [0.5, 0.6) is 0 Å². The fourth-order valence-electron chi connectivity index (χ4n) is 1.30. The van der Waals surface area contributed by atoms with Crippen LogP contribution in [0.3, 0.4) is 0 Å². The van der Waals surface area contributed by atoms with Crippen molar-refractivity contribution in [3.8, 4) is 0 Å². The fraction of sp³-hybridized carbons (Fsp3) is 0.364. The number of carbonyl (C=O) groups is 1. The van der Waals surface area contributed by atoms with E-state index in [0.29, 0.717) is 6.54 Å². The number of aliphatic hydroxyl groups is 1. The summed E-state index contributed by atoms with van der Waals surface area (Å²) >= 11 is 0. The molecule has 1 rings (SSSR count). The van der Waals surface area contributed by atoms with E-state index in [2.05, 4.69) is 0 Å². The molecule has 0 saturated carbocycles. The topological polar surface area (TPSA) is 66.6 Å². The molecule has 3 N–H and O–H groups in total. The van der Waals surface area contributed by atoms with Crippen LogP contribution >= 0.6 is 0 Å². The van der Waals surface area contributed by atoms with Crippen molar-refractivity contribution >= 4 is 5.91 Å². The van der Waals surface area contributed by atoms with Crippen molar-refractivity contribution in [3.05, 3.63) is 35.9 Å². The number of nitrogens with zero attached hydrogens (tertiary/aromatic N) is 1. The average molecular weight is 208 g/mol. The number of hydrogen-bond donors (Lipinski definition) is 2. The molecule has 1 atom stereocenters. The van der Waals surface area contributed by atoms with E-state index in [1.54, 1.807) is 7.05 Å². The average Bonchev–Trinajstić information content (AvgIpc) is 2.28. The maximum absolute atomic E-state index is 11.5. The van der Waals surface area contributed by atoms with Crippen LogP contribution in [0.15, 0.2) is 30.3 Å². The number of nitrogens with two attached hydrogens (primary N) is 1. The first-order chi connectivity index (χ1) is 7.15. The smallest absolute Gasteiger partial charge is 0.241 e. The molecular formula is C11H16N2O2. The molecule has 1 aromatic rings. The van der Waals surface area contributed by atoms with Crippen LogP contribution < -0.4 is 5.73 Å². The van der Waals surface area contributed by atoms with E-state index in [1.165, 1.54) is 4.90 Å². The minimum atomic E-state index is -0.821. The van der Waals surface area contributed by atoms with Gasteiger partial charge in [-0.3, -0.25) is 4.79 Å². The van der Waals surface area contributed by atoms with Gasteiger partial charge in [0.05, 0.1) is 6.61 Å². The van der Waals surface area contributed by atoms with Crippen molar-refractivity contribution in [1.29, 1.82) is 0 Å². The van der Waals surface area contributed by atoms with Gasteiger partial charge >= 0.3 is 0 Å². The van der Waals surface area contributed by atoms with Crippen LogP contribution in [0.4, 0.5) is 0 Å². The predicted molar refractivity (Wildman–Crippen MR) is 58.0 cm³/mol. The van der Waals surface area contributed by atoms with Crippen molar-refractivity contribution in [2.75, 3.05) is 13.7 Å². The Hall–Kier alpha value is -1.39. The summed E-state index contributed by atoms with van der Waals surface area (Å²) in [6, 6.07) is 8.81. The molecule has 0 aromatic heterocycles. The summed E-state index contributed by atoms with van der Waals surface area (Å²) in [6.07, 6.45) is 0. The SMILES string of the molecule is CN(Cc1ccccc1)C(=O)C(N)CO. The summed E-state index contributed by atoms with van der Waals surface area (Å²) < 4.78 is 0. The summed E-state index contributed by atoms with van der Waals surface area (Å²) in [5.74, 6) is -0.249. The third-order valence-corrected chi connectivity index (χ3v) is 2.15. The molecular weight excluding hydrogens is 192 g/mol. The number of benzene rings is 1. The lowest BCUT2D eigenvalue weighted by atomic mass is 10.2. The Labute approximate surface area is 89.3 Å². The molecule has 82 valence electrons. The highest BCUT2D eigenvalue weighted by atomic mass is 16.3. The highest BCUT2D eigenvalue weighted by molar-refractivity contribution is 5.81. The molecule has 1 amide bonds. The number of hydrogen-bond acceptors (Lipinski definition) is 3. The Kier molecular flexibility index (Phi) is 4.27. The zero-order chi connectivity index (χ0) is 11.3. The van der Waals surface area contributed by atoms with E-state index in [0.717, 1.165) is 5.56 Å². The Balaban J connectivity index is 2.56. The molecule has 0 aliphatic carbocycles. The van der Waals surface area contributed by atoms with E-state index in [1.807, 2.05) is 30.3 Å². The van der Waals surface area contributed by atoms with Gasteiger partial charge in [-0.1, -0.05) is 30.3 Å². The van der Waals surface area contributed by atoms with Crippen molar-refractivity contribution < 1.29 is 9.90 Å². The van der Waals surface area contributed by atoms with Gasteiger partial charge in [0.1, 0.15) is 6.04 Å². The monoisotopic (exact) mass is 208 g/mol. The van der Waals surface area contributed by atoms with Crippen LogP contribution in [0.25, 0.3) is 0 Å². The molecule has 0 aliphatic heterocycles. The number of likely N-dealkylation sites (N-methyl/N-ethyl adjacent to an activating group) is 1. The van der Waals surface area contributed by atoms with Crippen molar-refractivity contribution in [2.24, 2.45) is 5.73 Å². The Morgan fingerprint density at radius 3 is 2.60 bits per heavy atom. The van der Waals surface area contributed by atoms with Gasteiger partial charge in [-0.25, -0.2) is 0 Å². The van der Waals surface area contributed by atoms with E-state index in [-0.39, 0.29) is 12.5 Å². The zero-order valence-electron chi connectivity index (χ0n) is 8.76. The standard InChI is InChI=1S/C11H16N2O2/c1-13(11(15)10(12)8-14)7-9-5-3-2-4-6-9/h2-6,10,14H,7-8,12H2,1H3. The van der Waals surface area contributed by atoms with Gasteiger partial charge in [0.2, 0.25) is 5.91 Å². The van der Waals surface area contributed by atoms with Crippen LogP contribution in [0.2, 0.25) is 0 Å². The Bertz CT molecular complexity index is 314. The molecule has 1 aromatic carbocycles. The third kappa shape index (κ3) is 3.34. The number of rotatable bonds is 4. The molecule has 4 nitrogen and oxygen atoms in total. The second kappa shape index (κ2) is 5.48. The molecule has 4 heteroatoms. The quantitative estimate of drug-likeness (QED) is 0.730. The van der Waals surface area contributed by atoms with Gasteiger partial charge in [-0.2, -0.15) is 0 Å². The van der Waals surface area contributed by atoms with Crippen LogP contribution in [-0.2, 0) is 11.3 Å². The molecule has 0 bridgehead atoms. The summed E-state index contributed by atoms with van der Waals surface area (Å²) in [5.41, 5.74) is 6.47. The Morgan fingerprint density at radius 2 is 2.07 bits per heavy atom. The summed E-state index contributed by atoms with van der Waals surface area (Å²) in [7, 11) is 1.67. The van der Waals surface area contributed by atoms with Crippen LogP contribution in [0.1, 0.15) is 5.56 Å². The highest BCUT2D eigenvalue weighted by Crippen LogP contribution is 2.03. The summed E-state index contributed by atoms with van der Waals surface area (Å²) in [6.45, 7) is 0.186. The van der Waals surface area contributed by atoms with E-state index in [4.69, 9.17) is 10.8 Å². The second-order valence-electron chi connectivity index (χ2n) is 3.47. The molecule has 1 unspecified atom stereocenters. The minimum Gasteiger partial charge on any atom is -0.394 e. The summed E-state index contributed by atoms with van der Waals surface area (Å²) in [4.78, 5) is 13.0. The minimum absolute atomic E-state index is 0.249. The third-order valence-electron chi connectivity index (χ3n) is 2.15. The lowest BCUT2D eigenvalue weighted by Gasteiger charge is -2.20. The lowest BCUT2D eigenvalue weighted by Crippen LogP contribution is -2.43. The molecule has 0 aliphatic rings. The molecule has 15 heavy (non-hydrogen) atoms. The zero-order valence-corrected chi connectivity index (χ0v) is 8.76.